The third-order valence-corrected chi connectivity index (χ3v) is 10.9. The van der Waals surface area contributed by atoms with Crippen molar-refractivity contribution in [3.05, 3.63) is 64.1 Å². The van der Waals surface area contributed by atoms with Crippen LogP contribution in [0.4, 0.5) is 13.2 Å². The summed E-state index contributed by atoms with van der Waals surface area (Å²) in [5.41, 5.74) is 0.665. The number of thiophene rings is 1. The van der Waals surface area contributed by atoms with Crippen molar-refractivity contribution in [3.63, 3.8) is 0 Å². The van der Waals surface area contributed by atoms with E-state index in [9.17, 15) is 8.78 Å². The van der Waals surface area contributed by atoms with Gasteiger partial charge in [-0.3, -0.25) is 4.57 Å². The molecule has 5 heterocycles. The molecule has 12 heteroatoms. The molecule has 0 bridgehead atoms. The molecule has 0 radical (unpaired) electrons. The van der Waals surface area contributed by atoms with E-state index in [0.29, 0.717) is 16.0 Å². The Bertz CT molecular complexity index is 1770. The van der Waals surface area contributed by atoms with E-state index in [-0.39, 0.29) is 16.2 Å². The lowest BCUT2D eigenvalue weighted by molar-refractivity contribution is 0.00578. The summed E-state index contributed by atoms with van der Waals surface area (Å²) in [6, 6.07) is 13.9. The average Bonchev–Trinajstić information content (AvgIpc) is 3.65. The number of hydrogen-bond donors (Lipinski definition) is 0. The maximum atomic E-state index is 16.2. The van der Waals surface area contributed by atoms with Gasteiger partial charge in [0.05, 0.1) is 48.9 Å². The summed E-state index contributed by atoms with van der Waals surface area (Å²) in [4.78, 5) is 0.508. The van der Waals surface area contributed by atoms with Gasteiger partial charge in [0, 0.05) is 5.39 Å². The van der Waals surface area contributed by atoms with Crippen LogP contribution in [0.3, 0.4) is 0 Å². The quantitative estimate of drug-likeness (QED) is 0.230. The highest BCUT2D eigenvalue weighted by molar-refractivity contribution is 7.12. The van der Waals surface area contributed by atoms with Crippen molar-refractivity contribution in [2.45, 2.75) is 90.4 Å². The SMILES string of the molecule is CC1(C)OB(c2cc(F)c3c(c2)OC(c2ccc(C(F)F)s2)n2c-3cc3cc(B4OC(C)(C)C(C)(C)O4)ccc32)OC1(C)C. The molecule has 7 rings (SSSR count). The van der Waals surface area contributed by atoms with Gasteiger partial charge >= 0.3 is 14.2 Å². The van der Waals surface area contributed by atoms with E-state index in [1.54, 1.807) is 12.1 Å². The van der Waals surface area contributed by atoms with Crippen molar-refractivity contribution in [1.29, 1.82) is 0 Å². The third kappa shape index (κ3) is 4.47. The Balaban J connectivity index is 1.36. The Hall–Kier alpha value is -2.76. The van der Waals surface area contributed by atoms with Crippen LogP contribution in [0.15, 0.2) is 48.5 Å². The highest BCUT2D eigenvalue weighted by Gasteiger charge is 2.53. The first-order valence-corrected chi connectivity index (χ1v) is 15.5. The minimum Gasteiger partial charge on any atom is -0.464 e. The molecule has 2 fully saturated rings. The van der Waals surface area contributed by atoms with Crippen molar-refractivity contribution in [3.8, 4) is 17.0 Å². The van der Waals surface area contributed by atoms with Crippen LogP contribution in [0.1, 0.15) is 77.8 Å². The lowest BCUT2D eigenvalue weighted by Crippen LogP contribution is -2.41. The van der Waals surface area contributed by atoms with Crippen LogP contribution < -0.4 is 15.7 Å². The van der Waals surface area contributed by atoms with Gasteiger partial charge in [0.2, 0.25) is 6.23 Å². The second kappa shape index (κ2) is 9.62. The summed E-state index contributed by atoms with van der Waals surface area (Å²) >= 11 is 0.975. The van der Waals surface area contributed by atoms with E-state index < -0.39 is 55.1 Å². The maximum absolute atomic E-state index is 16.2. The number of fused-ring (bicyclic) bond motifs is 5. The molecule has 0 N–H and O–H groups in total. The van der Waals surface area contributed by atoms with Crippen LogP contribution in [0, 0.1) is 5.82 Å². The summed E-state index contributed by atoms with van der Waals surface area (Å²) in [6.07, 6.45) is -3.41. The van der Waals surface area contributed by atoms with Crippen molar-refractivity contribution in [2.75, 3.05) is 0 Å². The molecule has 0 saturated carbocycles. The van der Waals surface area contributed by atoms with Gasteiger partial charge in [-0.2, -0.15) is 0 Å². The summed E-state index contributed by atoms with van der Waals surface area (Å²) in [7, 11) is -1.38. The molecule has 0 amide bonds. The van der Waals surface area contributed by atoms with Gasteiger partial charge in [-0.25, -0.2) is 13.2 Å². The minimum atomic E-state index is -2.61. The summed E-state index contributed by atoms with van der Waals surface area (Å²) in [5, 5.41) is 0.814. The predicted octanol–water partition coefficient (Wildman–Crippen LogP) is 6.98. The van der Waals surface area contributed by atoms with Crippen molar-refractivity contribution in [2.24, 2.45) is 0 Å². The Kier molecular flexibility index (Phi) is 6.54. The fourth-order valence-electron chi connectivity index (χ4n) is 5.86. The average molecular weight is 623 g/mol. The first-order valence-electron chi connectivity index (χ1n) is 14.7. The number of halogens is 3. The molecule has 2 saturated heterocycles. The standard InChI is InChI=1S/C32H34B2F3NO5S/c1-29(2)30(3,4)41-33(40-29)18-9-10-21-17(13-18)14-22-26-20(35)15-19(34-42-31(5,6)32(7,8)43-34)16-23(26)39-28(38(21)22)25-12-11-24(44-25)27(36)37/h9-16,27-28H,1-8H3. The van der Waals surface area contributed by atoms with E-state index in [0.717, 1.165) is 27.7 Å². The van der Waals surface area contributed by atoms with E-state index >= 15 is 4.39 Å². The van der Waals surface area contributed by atoms with Crippen LogP contribution in [0.2, 0.25) is 0 Å². The van der Waals surface area contributed by atoms with Crippen LogP contribution >= 0.6 is 11.3 Å². The number of rotatable bonds is 4. The van der Waals surface area contributed by atoms with Crippen LogP contribution in [-0.4, -0.2) is 41.2 Å². The molecule has 2 aromatic heterocycles. The zero-order chi connectivity index (χ0) is 31.6. The van der Waals surface area contributed by atoms with Gasteiger partial charge in [-0.15, -0.1) is 11.3 Å². The van der Waals surface area contributed by atoms with E-state index in [1.807, 2.05) is 84.2 Å². The molecule has 4 aromatic rings. The van der Waals surface area contributed by atoms with Gasteiger partial charge in [0.1, 0.15) is 11.6 Å². The van der Waals surface area contributed by atoms with Gasteiger partial charge < -0.3 is 23.4 Å². The highest BCUT2D eigenvalue weighted by Crippen LogP contribution is 2.47. The van der Waals surface area contributed by atoms with Crippen LogP contribution in [0.5, 0.6) is 5.75 Å². The molecule has 3 aliphatic rings. The number of nitrogens with zero attached hydrogens (tertiary/aromatic N) is 1. The molecule has 44 heavy (non-hydrogen) atoms. The Morgan fingerprint density at radius 3 is 1.91 bits per heavy atom. The molecule has 0 spiro atoms. The Morgan fingerprint density at radius 2 is 1.34 bits per heavy atom. The highest BCUT2D eigenvalue weighted by atomic mass is 32.1. The number of ether oxygens (including phenoxy) is 1. The fraction of sp³-hybridized carbons (Fsp3) is 0.438. The fourth-order valence-corrected chi connectivity index (χ4v) is 6.75. The monoisotopic (exact) mass is 623 g/mol. The number of hydrogen-bond acceptors (Lipinski definition) is 6. The molecular weight excluding hydrogens is 589 g/mol. The normalized spacial score (nSPS) is 22.9. The number of benzene rings is 2. The molecule has 6 nitrogen and oxygen atoms in total. The summed E-state index contributed by atoms with van der Waals surface area (Å²) in [5.74, 6) is -0.214. The van der Waals surface area contributed by atoms with Gasteiger partial charge in [0.15, 0.2) is 0 Å². The first-order chi connectivity index (χ1) is 20.5. The summed E-state index contributed by atoms with van der Waals surface area (Å²) in [6.45, 7) is 15.7. The van der Waals surface area contributed by atoms with Crippen LogP contribution in [0.25, 0.3) is 22.2 Å². The summed E-state index contributed by atoms with van der Waals surface area (Å²) < 4.78 is 76.8. The first kappa shape index (κ1) is 29.9. The largest absolute Gasteiger partial charge is 0.495 e. The maximum Gasteiger partial charge on any atom is 0.495 e. The van der Waals surface area contributed by atoms with Crippen molar-refractivity contribution >= 4 is 47.4 Å². The predicted molar refractivity (Wildman–Crippen MR) is 167 cm³/mol. The molecule has 2 aromatic carbocycles. The molecule has 1 atom stereocenters. The molecule has 230 valence electrons. The lowest BCUT2D eigenvalue weighted by Gasteiger charge is -2.32. The lowest BCUT2D eigenvalue weighted by atomic mass is 9.78. The van der Waals surface area contributed by atoms with E-state index in [2.05, 4.69) is 0 Å². The van der Waals surface area contributed by atoms with E-state index in [4.69, 9.17) is 23.4 Å². The second-order valence-corrected chi connectivity index (χ2v) is 14.9. The second-order valence-electron chi connectivity index (χ2n) is 13.8. The zero-order valence-corrected chi connectivity index (χ0v) is 26.8. The smallest absolute Gasteiger partial charge is 0.464 e. The minimum absolute atomic E-state index is 0.0624. The Morgan fingerprint density at radius 1 is 0.750 bits per heavy atom. The zero-order valence-electron chi connectivity index (χ0n) is 26.0. The molecule has 1 unspecified atom stereocenters. The van der Waals surface area contributed by atoms with E-state index in [1.165, 1.54) is 12.1 Å². The molecule has 3 aliphatic heterocycles. The van der Waals surface area contributed by atoms with Gasteiger partial charge in [-0.05, 0) is 103 Å². The topological polar surface area (TPSA) is 51.1 Å². The Labute approximate surface area is 259 Å². The number of alkyl halides is 2. The van der Waals surface area contributed by atoms with Gasteiger partial charge in [0.25, 0.3) is 6.43 Å². The molecule has 0 aliphatic carbocycles. The molecular formula is C32H34B2F3NO5S. The van der Waals surface area contributed by atoms with Crippen molar-refractivity contribution < 1.29 is 36.5 Å². The van der Waals surface area contributed by atoms with Gasteiger partial charge in [-0.1, -0.05) is 12.1 Å². The number of aromatic nitrogens is 1. The van der Waals surface area contributed by atoms with Crippen LogP contribution in [-0.2, 0) is 18.6 Å². The van der Waals surface area contributed by atoms with Crippen molar-refractivity contribution in [1.82, 2.24) is 4.57 Å². The third-order valence-electron chi connectivity index (χ3n) is 9.83.